The van der Waals surface area contributed by atoms with Crippen molar-refractivity contribution in [3.63, 3.8) is 0 Å². The summed E-state index contributed by atoms with van der Waals surface area (Å²) in [6, 6.07) is 34.1. The first-order chi connectivity index (χ1) is 15.9. The van der Waals surface area contributed by atoms with Crippen LogP contribution in [0.1, 0.15) is 77.6 Å². The molecule has 0 bridgehead atoms. The van der Waals surface area contributed by atoms with E-state index in [0.717, 1.165) is 0 Å². The van der Waals surface area contributed by atoms with Crippen molar-refractivity contribution in [1.29, 1.82) is 0 Å². The molecule has 0 atom stereocenters. The molecule has 0 aliphatic carbocycles. The third-order valence-corrected chi connectivity index (χ3v) is 12.0. The zero-order chi connectivity index (χ0) is 22.3. The first-order valence-electron chi connectivity index (χ1n) is 13.0. The quantitative estimate of drug-likeness (QED) is 0.164. The molecule has 0 spiro atoms. The van der Waals surface area contributed by atoms with Crippen molar-refractivity contribution in [2.24, 2.45) is 0 Å². The molecule has 32 heavy (non-hydrogen) atoms. The van der Waals surface area contributed by atoms with Crippen LogP contribution in [0.3, 0.4) is 0 Å². The summed E-state index contributed by atoms with van der Waals surface area (Å²) < 4.78 is 0. The van der Waals surface area contributed by atoms with Gasteiger partial charge in [0.1, 0.15) is 0 Å². The topological polar surface area (TPSA) is 0 Å². The van der Waals surface area contributed by atoms with Crippen LogP contribution in [0.25, 0.3) is 0 Å². The molecule has 0 amide bonds. The van der Waals surface area contributed by atoms with Gasteiger partial charge in [-0.1, -0.05) is 6.92 Å². The van der Waals surface area contributed by atoms with Gasteiger partial charge in [0.05, 0.1) is 0 Å². The van der Waals surface area contributed by atoms with Gasteiger partial charge in [-0.15, -0.1) is 0 Å². The monoisotopic (exact) mass is 446 g/mol. The van der Waals surface area contributed by atoms with E-state index in [1.807, 2.05) is 0 Å². The summed E-state index contributed by atoms with van der Waals surface area (Å²) in [5, 5.41) is 4.64. The first kappa shape index (κ1) is 24.7. The molecule has 0 N–H and O–H groups in total. The molecule has 0 saturated heterocycles. The molecule has 3 aromatic carbocycles. The van der Waals surface area contributed by atoms with Crippen molar-refractivity contribution in [2.75, 3.05) is 6.16 Å². The first-order valence-corrected chi connectivity index (χ1v) is 15.2. The summed E-state index contributed by atoms with van der Waals surface area (Å²) in [5.41, 5.74) is 0. The van der Waals surface area contributed by atoms with E-state index < -0.39 is 7.26 Å². The Bertz CT molecular complexity index is 745. The van der Waals surface area contributed by atoms with Crippen molar-refractivity contribution in [3.05, 3.63) is 91.0 Å². The molecular formula is C31H43P. The molecule has 3 rings (SSSR count). The van der Waals surface area contributed by atoms with Gasteiger partial charge in [-0.05, 0) is 0 Å². The second-order valence-corrected chi connectivity index (χ2v) is 13.3. The fourth-order valence-electron chi connectivity index (χ4n) is 5.16. The molecule has 0 aromatic heterocycles. The van der Waals surface area contributed by atoms with Crippen LogP contribution in [0, 0.1) is 0 Å². The van der Waals surface area contributed by atoms with Gasteiger partial charge in [-0.2, -0.15) is 0 Å². The van der Waals surface area contributed by atoms with E-state index in [2.05, 4.69) is 97.9 Å². The molecule has 0 saturated carbocycles. The van der Waals surface area contributed by atoms with Crippen molar-refractivity contribution < 1.29 is 0 Å². The molecule has 172 valence electrons. The van der Waals surface area contributed by atoms with Gasteiger partial charge in [-0.25, -0.2) is 0 Å². The zero-order valence-corrected chi connectivity index (χ0v) is 21.1. The number of hydrogen-bond donors (Lipinski definition) is 0. The molecule has 0 radical (unpaired) electrons. The summed E-state index contributed by atoms with van der Waals surface area (Å²) in [4.78, 5) is 0. The Labute approximate surface area is 197 Å². The predicted octanol–water partition coefficient (Wildman–Crippen LogP) is 8.02. The number of unbranched alkanes of at least 4 members (excludes halogenated alkanes) is 10. The van der Waals surface area contributed by atoms with Crippen LogP contribution >= 0.6 is 7.26 Å². The van der Waals surface area contributed by atoms with E-state index in [1.54, 1.807) is 15.9 Å². The molecule has 0 fully saturated rings. The van der Waals surface area contributed by atoms with E-state index in [9.17, 15) is 0 Å². The van der Waals surface area contributed by atoms with Gasteiger partial charge in [0.2, 0.25) is 0 Å². The van der Waals surface area contributed by atoms with Crippen molar-refractivity contribution in [3.8, 4) is 0 Å². The maximum atomic E-state index is 2.38. The standard InChI is InChI=1S/C31H43P/c1-2-3-4-5-6-7-8-9-10-11-21-28-32(29-22-15-12-16-23-29,30-24-17-13-18-25-30)31-26-19-14-20-27-31/h12-20,22-27,32H,2-11,21,28H2,1H3. The molecular weight excluding hydrogens is 403 g/mol. The van der Waals surface area contributed by atoms with Crippen LogP contribution in [0.2, 0.25) is 0 Å². The normalized spacial score (nSPS) is 12.0. The molecule has 3 aromatic rings. The minimum atomic E-state index is -2.02. The average molecular weight is 447 g/mol. The van der Waals surface area contributed by atoms with E-state index in [0.29, 0.717) is 0 Å². The van der Waals surface area contributed by atoms with Crippen molar-refractivity contribution in [2.45, 2.75) is 77.6 Å². The molecule has 1 heteroatoms. The second-order valence-electron chi connectivity index (χ2n) is 9.29. The van der Waals surface area contributed by atoms with Gasteiger partial charge in [0, 0.05) is 0 Å². The van der Waals surface area contributed by atoms with Crippen LogP contribution in [0.5, 0.6) is 0 Å². The molecule has 0 aliphatic heterocycles. The van der Waals surface area contributed by atoms with Crippen LogP contribution in [-0.2, 0) is 0 Å². The Balaban J connectivity index is 1.64. The Hall–Kier alpha value is -1.91. The van der Waals surface area contributed by atoms with Crippen LogP contribution in [-0.4, -0.2) is 6.16 Å². The third-order valence-electron chi connectivity index (χ3n) is 6.96. The Morgan fingerprint density at radius 2 is 0.719 bits per heavy atom. The second kappa shape index (κ2) is 14.3. The summed E-state index contributed by atoms with van der Waals surface area (Å²) in [6.45, 7) is 2.30. The number of hydrogen-bond acceptors (Lipinski definition) is 0. The molecule has 0 unspecified atom stereocenters. The van der Waals surface area contributed by atoms with Crippen LogP contribution < -0.4 is 15.9 Å². The predicted molar refractivity (Wildman–Crippen MR) is 148 cm³/mol. The van der Waals surface area contributed by atoms with Crippen molar-refractivity contribution >= 4 is 23.2 Å². The summed E-state index contributed by atoms with van der Waals surface area (Å²) in [7, 11) is -2.02. The number of rotatable bonds is 15. The molecule has 0 heterocycles. The third kappa shape index (κ3) is 7.05. The van der Waals surface area contributed by atoms with Crippen molar-refractivity contribution in [1.82, 2.24) is 0 Å². The fraction of sp³-hybridized carbons (Fsp3) is 0.419. The zero-order valence-electron chi connectivity index (χ0n) is 20.1. The van der Waals surface area contributed by atoms with E-state index in [1.165, 1.54) is 76.8 Å². The van der Waals surface area contributed by atoms with Crippen LogP contribution in [0.4, 0.5) is 0 Å². The Morgan fingerprint density at radius 1 is 0.406 bits per heavy atom. The average Bonchev–Trinajstić information content (AvgIpc) is 2.87. The van der Waals surface area contributed by atoms with Gasteiger partial charge in [-0.3, -0.25) is 0 Å². The molecule has 0 nitrogen and oxygen atoms in total. The Kier molecular flexibility index (Phi) is 11.0. The summed E-state index contributed by atoms with van der Waals surface area (Å²) in [5.74, 6) is 0. The number of benzene rings is 3. The SMILES string of the molecule is CCCCCCCCCCCCC[PH](c1ccccc1)(c1ccccc1)c1ccccc1. The van der Waals surface area contributed by atoms with Gasteiger partial charge < -0.3 is 0 Å². The fourth-order valence-corrected chi connectivity index (χ4v) is 10.1. The van der Waals surface area contributed by atoms with E-state index in [-0.39, 0.29) is 0 Å². The minimum absolute atomic E-state index is 1.29. The summed E-state index contributed by atoms with van der Waals surface area (Å²) in [6.07, 6.45) is 16.7. The van der Waals surface area contributed by atoms with E-state index >= 15 is 0 Å². The molecule has 0 aliphatic rings. The van der Waals surface area contributed by atoms with Crippen LogP contribution in [0.15, 0.2) is 91.0 Å². The maximum absolute atomic E-state index is 2.38. The van der Waals surface area contributed by atoms with Gasteiger partial charge in [0.15, 0.2) is 0 Å². The van der Waals surface area contributed by atoms with Gasteiger partial charge in [0.25, 0.3) is 0 Å². The Morgan fingerprint density at radius 3 is 1.06 bits per heavy atom. The van der Waals surface area contributed by atoms with Gasteiger partial charge >= 0.3 is 191 Å². The summed E-state index contributed by atoms with van der Waals surface area (Å²) >= 11 is 0. The van der Waals surface area contributed by atoms with E-state index in [4.69, 9.17) is 0 Å².